The van der Waals surface area contributed by atoms with Crippen LogP contribution in [0.4, 0.5) is 0 Å². The van der Waals surface area contributed by atoms with Crippen LogP contribution in [0.1, 0.15) is 37.4 Å². The van der Waals surface area contributed by atoms with Gasteiger partial charge >= 0.3 is 0 Å². The van der Waals surface area contributed by atoms with Gasteiger partial charge in [0.25, 0.3) is 0 Å². The Morgan fingerprint density at radius 3 is 2.95 bits per heavy atom. The van der Waals surface area contributed by atoms with E-state index >= 15 is 0 Å². The van der Waals surface area contributed by atoms with E-state index in [1.54, 1.807) is 0 Å². The van der Waals surface area contributed by atoms with Crippen molar-refractivity contribution in [1.29, 1.82) is 0 Å². The standard InChI is InChI=1S/C16H23NO4/c18-8-6-13-3-1-2-7-17(13)10-14(19)12-4-5-15-16(9-12)21-11-20-15/h4-5,9,13-14,18-19H,1-3,6-8,10-11H2. The van der Waals surface area contributed by atoms with Crippen LogP contribution in [-0.2, 0) is 0 Å². The zero-order chi connectivity index (χ0) is 14.7. The van der Waals surface area contributed by atoms with E-state index in [1.807, 2.05) is 18.2 Å². The van der Waals surface area contributed by atoms with Gasteiger partial charge in [0, 0.05) is 19.2 Å². The molecule has 5 heteroatoms. The van der Waals surface area contributed by atoms with E-state index < -0.39 is 6.10 Å². The van der Waals surface area contributed by atoms with Crippen molar-refractivity contribution >= 4 is 0 Å². The molecule has 0 spiro atoms. The number of hydrogen-bond acceptors (Lipinski definition) is 5. The molecule has 2 heterocycles. The van der Waals surface area contributed by atoms with Gasteiger partial charge in [-0.1, -0.05) is 12.5 Å². The van der Waals surface area contributed by atoms with Crippen molar-refractivity contribution in [1.82, 2.24) is 4.90 Å². The second-order valence-corrected chi connectivity index (χ2v) is 5.79. The van der Waals surface area contributed by atoms with E-state index in [4.69, 9.17) is 9.47 Å². The number of likely N-dealkylation sites (tertiary alicyclic amines) is 1. The number of fused-ring (bicyclic) bond motifs is 1. The summed E-state index contributed by atoms with van der Waals surface area (Å²) in [4.78, 5) is 2.30. The van der Waals surface area contributed by atoms with Crippen LogP contribution in [0.5, 0.6) is 11.5 Å². The van der Waals surface area contributed by atoms with Crippen molar-refractivity contribution in [3.05, 3.63) is 23.8 Å². The molecule has 0 radical (unpaired) electrons. The molecule has 0 bridgehead atoms. The van der Waals surface area contributed by atoms with Gasteiger partial charge in [0.1, 0.15) is 0 Å². The topological polar surface area (TPSA) is 62.2 Å². The lowest BCUT2D eigenvalue weighted by atomic mass is 9.98. The lowest BCUT2D eigenvalue weighted by molar-refractivity contribution is 0.0564. The van der Waals surface area contributed by atoms with E-state index in [0.29, 0.717) is 18.3 Å². The van der Waals surface area contributed by atoms with Crippen LogP contribution >= 0.6 is 0 Å². The summed E-state index contributed by atoms with van der Waals surface area (Å²) in [6, 6.07) is 5.98. The number of nitrogens with zero attached hydrogens (tertiary/aromatic N) is 1. The molecule has 0 aliphatic carbocycles. The van der Waals surface area contributed by atoms with Crippen molar-refractivity contribution in [2.75, 3.05) is 26.5 Å². The molecule has 0 aromatic heterocycles. The van der Waals surface area contributed by atoms with Crippen LogP contribution < -0.4 is 9.47 Å². The van der Waals surface area contributed by atoms with E-state index in [9.17, 15) is 10.2 Å². The molecule has 21 heavy (non-hydrogen) atoms. The third kappa shape index (κ3) is 3.31. The Labute approximate surface area is 125 Å². The van der Waals surface area contributed by atoms with E-state index in [2.05, 4.69) is 4.90 Å². The summed E-state index contributed by atoms with van der Waals surface area (Å²) in [6.07, 6.45) is 3.72. The molecule has 116 valence electrons. The van der Waals surface area contributed by atoms with Gasteiger partial charge in [-0.15, -0.1) is 0 Å². The molecule has 2 N–H and O–H groups in total. The van der Waals surface area contributed by atoms with E-state index in [-0.39, 0.29) is 13.4 Å². The predicted molar refractivity (Wildman–Crippen MR) is 78.4 cm³/mol. The van der Waals surface area contributed by atoms with E-state index in [1.165, 1.54) is 6.42 Å². The van der Waals surface area contributed by atoms with Crippen molar-refractivity contribution in [3.8, 4) is 11.5 Å². The maximum Gasteiger partial charge on any atom is 0.231 e. The van der Waals surface area contributed by atoms with Gasteiger partial charge in [-0.3, -0.25) is 4.90 Å². The average Bonchev–Trinajstić information content (AvgIpc) is 2.97. The van der Waals surface area contributed by atoms with Gasteiger partial charge in [-0.25, -0.2) is 0 Å². The van der Waals surface area contributed by atoms with Crippen molar-refractivity contribution in [3.63, 3.8) is 0 Å². The Hall–Kier alpha value is -1.30. The van der Waals surface area contributed by atoms with Gasteiger partial charge in [0.15, 0.2) is 11.5 Å². The van der Waals surface area contributed by atoms with E-state index in [0.717, 1.165) is 37.1 Å². The highest BCUT2D eigenvalue weighted by Gasteiger charge is 2.25. The van der Waals surface area contributed by atoms with Crippen LogP contribution in [0.25, 0.3) is 0 Å². The first-order valence-electron chi connectivity index (χ1n) is 7.70. The summed E-state index contributed by atoms with van der Waals surface area (Å²) < 4.78 is 10.6. The second kappa shape index (κ2) is 6.64. The quantitative estimate of drug-likeness (QED) is 0.865. The Balaban J connectivity index is 1.65. The number of benzene rings is 1. The Bertz CT molecular complexity index is 477. The third-order valence-corrected chi connectivity index (χ3v) is 4.40. The number of rotatable bonds is 5. The maximum atomic E-state index is 10.5. The minimum absolute atomic E-state index is 0.210. The highest BCUT2D eigenvalue weighted by atomic mass is 16.7. The number of aliphatic hydroxyl groups is 2. The van der Waals surface area contributed by atoms with Crippen LogP contribution in [0.3, 0.4) is 0 Å². The fraction of sp³-hybridized carbons (Fsp3) is 0.625. The van der Waals surface area contributed by atoms with Gasteiger partial charge in [0.05, 0.1) is 6.10 Å². The molecule has 2 aliphatic rings. The predicted octanol–water partition coefficient (Wildman–Crippen LogP) is 1.69. The molecular weight excluding hydrogens is 270 g/mol. The normalized spacial score (nSPS) is 23.2. The number of hydrogen-bond donors (Lipinski definition) is 2. The van der Waals surface area contributed by atoms with Crippen molar-refractivity contribution in [2.45, 2.75) is 37.8 Å². The fourth-order valence-corrected chi connectivity index (χ4v) is 3.22. The van der Waals surface area contributed by atoms with Gasteiger partial charge < -0.3 is 19.7 Å². The minimum Gasteiger partial charge on any atom is -0.454 e. The molecule has 1 aromatic carbocycles. The molecule has 2 unspecified atom stereocenters. The summed E-state index contributed by atoms with van der Waals surface area (Å²) in [6.45, 7) is 2.05. The van der Waals surface area contributed by atoms with Gasteiger partial charge in [-0.05, 0) is 43.5 Å². The second-order valence-electron chi connectivity index (χ2n) is 5.79. The first-order chi connectivity index (χ1) is 10.3. The van der Waals surface area contributed by atoms with Gasteiger partial charge in [-0.2, -0.15) is 0 Å². The number of β-amino-alcohol motifs (C(OH)–C–C–N with tert-alkyl or cyclic N) is 1. The lowest BCUT2D eigenvalue weighted by Crippen LogP contribution is -2.42. The van der Waals surface area contributed by atoms with Crippen LogP contribution in [0, 0.1) is 0 Å². The summed E-state index contributed by atoms with van der Waals surface area (Å²) in [5.41, 5.74) is 0.854. The smallest absolute Gasteiger partial charge is 0.231 e. The zero-order valence-corrected chi connectivity index (χ0v) is 12.2. The van der Waals surface area contributed by atoms with Crippen molar-refractivity contribution < 1.29 is 19.7 Å². The third-order valence-electron chi connectivity index (χ3n) is 4.40. The molecule has 2 atom stereocenters. The highest BCUT2D eigenvalue weighted by Crippen LogP contribution is 2.34. The minimum atomic E-state index is -0.543. The first kappa shape index (κ1) is 14.6. The lowest BCUT2D eigenvalue weighted by Gasteiger charge is -2.36. The average molecular weight is 293 g/mol. The summed E-state index contributed by atoms with van der Waals surface area (Å²) in [7, 11) is 0. The number of piperidine rings is 1. The number of aliphatic hydroxyl groups excluding tert-OH is 2. The van der Waals surface area contributed by atoms with Gasteiger partial charge in [0.2, 0.25) is 6.79 Å². The Morgan fingerprint density at radius 1 is 1.24 bits per heavy atom. The Kier molecular flexibility index (Phi) is 4.63. The van der Waals surface area contributed by atoms with Crippen LogP contribution in [0.2, 0.25) is 0 Å². The van der Waals surface area contributed by atoms with Crippen LogP contribution in [0.15, 0.2) is 18.2 Å². The number of ether oxygens (including phenoxy) is 2. The summed E-state index contributed by atoms with van der Waals surface area (Å²) >= 11 is 0. The SMILES string of the molecule is OCCC1CCCCN1CC(O)c1ccc2c(c1)OCO2. The highest BCUT2D eigenvalue weighted by molar-refractivity contribution is 5.45. The zero-order valence-electron chi connectivity index (χ0n) is 12.2. The molecule has 2 aliphatic heterocycles. The summed E-state index contributed by atoms with van der Waals surface area (Å²) in [5.74, 6) is 1.44. The molecule has 1 aromatic rings. The molecular formula is C16H23NO4. The molecule has 0 amide bonds. The largest absolute Gasteiger partial charge is 0.454 e. The fourth-order valence-electron chi connectivity index (χ4n) is 3.22. The first-order valence-corrected chi connectivity index (χ1v) is 7.70. The molecule has 1 saturated heterocycles. The molecule has 0 saturated carbocycles. The molecule has 1 fully saturated rings. The van der Waals surface area contributed by atoms with Crippen LogP contribution in [-0.4, -0.2) is 47.6 Å². The monoisotopic (exact) mass is 293 g/mol. The summed E-state index contributed by atoms with van der Waals surface area (Å²) in [5, 5.41) is 19.7. The maximum absolute atomic E-state index is 10.5. The Morgan fingerprint density at radius 2 is 2.10 bits per heavy atom. The molecule has 3 rings (SSSR count). The molecule has 5 nitrogen and oxygen atoms in total. The van der Waals surface area contributed by atoms with Crippen molar-refractivity contribution in [2.24, 2.45) is 0 Å².